The van der Waals surface area contributed by atoms with Gasteiger partial charge in [-0.15, -0.1) is 0 Å². The summed E-state index contributed by atoms with van der Waals surface area (Å²) in [5.41, 5.74) is 8.12. The first-order valence-corrected chi connectivity index (χ1v) is 7.82. The van der Waals surface area contributed by atoms with E-state index in [2.05, 4.69) is 30.7 Å². The van der Waals surface area contributed by atoms with Gasteiger partial charge in [-0.1, -0.05) is 26.7 Å². The Kier molecular flexibility index (Phi) is 4.26. The number of thiophene rings is 1. The molecule has 1 fully saturated rings. The SMILES string of the molecule is CC(C)CC1CCCC(N)(Cc2ccsc2)C1. The number of hydrogen-bond acceptors (Lipinski definition) is 2. The lowest BCUT2D eigenvalue weighted by Gasteiger charge is -2.38. The lowest BCUT2D eigenvalue weighted by molar-refractivity contribution is 0.200. The Hall–Kier alpha value is -0.340. The van der Waals surface area contributed by atoms with E-state index >= 15 is 0 Å². The quantitative estimate of drug-likeness (QED) is 0.851. The fourth-order valence-corrected chi connectivity index (χ4v) is 4.02. The summed E-state index contributed by atoms with van der Waals surface area (Å²) in [6.07, 6.45) is 7.56. The van der Waals surface area contributed by atoms with Crippen molar-refractivity contribution in [2.24, 2.45) is 17.6 Å². The van der Waals surface area contributed by atoms with E-state index < -0.39 is 0 Å². The van der Waals surface area contributed by atoms with E-state index in [0.29, 0.717) is 0 Å². The Labute approximate surface area is 109 Å². The van der Waals surface area contributed by atoms with Crippen LogP contribution in [0.1, 0.15) is 51.5 Å². The van der Waals surface area contributed by atoms with Crippen molar-refractivity contribution in [3.05, 3.63) is 22.4 Å². The van der Waals surface area contributed by atoms with Crippen LogP contribution in [-0.4, -0.2) is 5.54 Å². The van der Waals surface area contributed by atoms with Crippen LogP contribution >= 0.6 is 11.3 Å². The van der Waals surface area contributed by atoms with Crippen molar-refractivity contribution in [2.75, 3.05) is 0 Å². The largest absolute Gasteiger partial charge is 0.325 e. The molecule has 1 heterocycles. The molecule has 1 aliphatic rings. The second-order valence-electron chi connectivity index (χ2n) is 6.26. The van der Waals surface area contributed by atoms with Gasteiger partial charge in [0.05, 0.1) is 0 Å². The molecule has 1 aromatic heterocycles. The minimum absolute atomic E-state index is 0.0683. The zero-order chi connectivity index (χ0) is 12.3. The molecule has 2 heteroatoms. The summed E-state index contributed by atoms with van der Waals surface area (Å²) in [7, 11) is 0. The molecule has 2 unspecified atom stereocenters. The van der Waals surface area contributed by atoms with Gasteiger partial charge in [-0.3, -0.25) is 0 Å². The van der Waals surface area contributed by atoms with Gasteiger partial charge in [-0.25, -0.2) is 0 Å². The molecule has 1 aliphatic carbocycles. The van der Waals surface area contributed by atoms with Crippen LogP contribution in [0.25, 0.3) is 0 Å². The Bertz CT molecular complexity index is 331. The number of nitrogens with two attached hydrogens (primary N) is 1. The first-order chi connectivity index (χ1) is 8.07. The van der Waals surface area contributed by atoms with Gasteiger partial charge in [0, 0.05) is 5.54 Å². The smallest absolute Gasteiger partial charge is 0.0198 e. The zero-order valence-corrected chi connectivity index (χ0v) is 11.9. The van der Waals surface area contributed by atoms with E-state index in [9.17, 15) is 0 Å². The Morgan fingerprint density at radius 2 is 2.35 bits per heavy atom. The van der Waals surface area contributed by atoms with Crippen molar-refractivity contribution in [1.29, 1.82) is 0 Å². The molecule has 0 radical (unpaired) electrons. The lowest BCUT2D eigenvalue weighted by Crippen LogP contribution is -2.46. The van der Waals surface area contributed by atoms with E-state index in [1.165, 1.54) is 37.7 Å². The molecule has 2 rings (SSSR count). The molecular formula is C15H25NS. The topological polar surface area (TPSA) is 26.0 Å². The molecule has 96 valence electrons. The molecule has 2 N–H and O–H groups in total. The molecule has 0 amide bonds. The van der Waals surface area contributed by atoms with Gasteiger partial charge in [0.2, 0.25) is 0 Å². The van der Waals surface area contributed by atoms with Crippen molar-refractivity contribution < 1.29 is 0 Å². The highest BCUT2D eigenvalue weighted by Gasteiger charge is 2.33. The summed E-state index contributed by atoms with van der Waals surface area (Å²) in [5.74, 6) is 1.66. The summed E-state index contributed by atoms with van der Waals surface area (Å²) in [5, 5.41) is 4.41. The van der Waals surface area contributed by atoms with Crippen LogP contribution in [0.4, 0.5) is 0 Å². The van der Waals surface area contributed by atoms with Gasteiger partial charge in [-0.05, 0) is 59.9 Å². The standard InChI is InChI=1S/C15H25NS/c1-12(2)8-13-4-3-6-15(16,9-13)10-14-5-7-17-11-14/h5,7,11-13H,3-4,6,8-10,16H2,1-2H3. The van der Waals surface area contributed by atoms with Gasteiger partial charge in [-0.2, -0.15) is 11.3 Å². The molecule has 0 bridgehead atoms. The predicted octanol–water partition coefficient (Wildman–Crippen LogP) is 4.22. The monoisotopic (exact) mass is 251 g/mol. The fraction of sp³-hybridized carbons (Fsp3) is 0.733. The molecule has 17 heavy (non-hydrogen) atoms. The maximum absolute atomic E-state index is 6.62. The lowest BCUT2D eigenvalue weighted by atomic mass is 9.71. The van der Waals surface area contributed by atoms with Crippen molar-refractivity contribution in [3.63, 3.8) is 0 Å². The van der Waals surface area contributed by atoms with E-state index in [1.807, 2.05) is 0 Å². The van der Waals surface area contributed by atoms with E-state index in [4.69, 9.17) is 5.73 Å². The first-order valence-electron chi connectivity index (χ1n) is 6.87. The number of hydrogen-bond donors (Lipinski definition) is 1. The molecule has 2 atom stereocenters. The highest BCUT2D eigenvalue weighted by molar-refractivity contribution is 7.07. The summed E-state index contributed by atoms with van der Waals surface area (Å²) in [6, 6.07) is 2.23. The maximum atomic E-state index is 6.62. The minimum atomic E-state index is 0.0683. The zero-order valence-electron chi connectivity index (χ0n) is 11.1. The van der Waals surface area contributed by atoms with Crippen molar-refractivity contribution >= 4 is 11.3 Å². The van der Waals surface area contributed by atoms with Crippen molar-refractivity contribution in [2.45, 2.75) is 57.9 Å². The summed E-state index contributed by atoms with van der Waals surface area (Å²) in [4.78, 5) is 0. The third kappa shape index (κ3) is 3.82. The molecular weight excluding hydrogens is 226 g/mol. The third-order valence-electron chi connectivity index (χ3n) is 3.92. The number of rotatable bonds is 4. The first kappa shape index (κ1) is 13.1. The van der Waals surface area contributed by atoms with Crippen LogP contribution in [0, 0.1) is 11.8 Å². The van der Waals surface area contributed by atoms with Gasteiger partial charge < -0.3 is 5.73 Å². The Balaban J connectivity index is 1.94. The van der Waals surface area contributed by atoms with Crippen molar-refractivity contribution in [1.82, 2.24) is 0 Å². The average Bonchev–Trinajstić information content (AvgIpc) is 2.68. The molecule has 1 saturated carbocycles. The molecule has 0 spiro atoms. The van der Waals surface area contributed by atoms with E-state index in [0.717, 1.165) is 18.3 Å². The fourth-order valence-electron chi connectivity index (χ4n) is 3.35. The molecule has 1 nitrogen and oxygen atoms in total. The second-order valence-corrected chi connectivity index (χ2v) is 7.04. The maximum Gasteiger partial charge on any atom is 0.0198 e. The van der Waals surface area contributed by atoms with Crippen LogP contribution in [0.15, 0.2) is 16.8 Å². The minimum Gasteiger partial charge on any atom is -0.325 e. The third-order valence-corrected chi connectivity index (χ3v) is 4.66. The van der Waals surface area contributed by atoms with Crippen molar-refractivity contribution in [3.8, 4) is 0 Å². The van der Waals surface area contributed by atoms with Crippen LogP contribution in [0.3, 0.4) is 0 Å². The summed E-state index contributed by atoms with van der Waals surface area (Å²) in [6.45, 7) is 4.65. The van der Waals surface area contributed by atoms with Crippen LogP contribution in [0.2, 0.25) is 0 Å². The van der Waals surface area contributed by atoms with Gasteiger partial charge in [0.25, 0.3) is 0 Å². The van der Waals surface area contributed by atoms with Gasteiger partial charge >= 0.3 is 0 Å². The van der Waals surface area contributed by atoms with Crippen LogP contribution < -0.4 is 5.73 Å². The summed E-state index contributed by atoms with van der Waals surface area (Å²) < 4.78 is 0. The van der Waals surface area contributed by atoms with E-state index in [1.54, 1.807) is 11.3 Å². The highest BCUT2D eigenvalue weighted by atomic mass is 32.1. The molecule has 0 aliphatic heterocycles. The summed E-state index contributed by atoms with van der Waals surface area (Å²) >= 11 is 1.78. The molecule has 1 aromatic rings. The van der Waals surface area contributed by atoms with Gasteiger partial charge in [0.15, 0.2) is 0 Å². The Morgan fingerprint density at radius 1 is 1.53 bits per heavy atom. The molecule has 0 saturated heterocycles. The van der Waals surface area contributed by atoms with Crippen LogP contribution in [0.5, 0.6) is 0 Å². The Morgan fingerprint density at radius 3 is 3.00 bits per heavy atom. The van der Waals surface area contributed by atoms with Gasteiger partial charge in [0.1, 0.15) is 0 Å². The van der Waals surface area contributed by atoms with E-state index in [-0.39, 0.29) is 5.54 Å². The highest BCUT2D eigenvalue weighted by Crippen LogP contribution is 2.36. The van der Waals surface area contributed by atoms with Crippen LogP contribution in [-0.2, 0) is 6.42 Å². The second kappa shape index (κ2) is 5.53. The normalized spacial score (nSPS) is 29.8. The predicted molar refractivity (Wildman–Crippen MR) is 76.4 cm³/mol. The average molecular weight is 251 g/mol. The molecule has 0 aromatic carbocycles.